The Morgan fingerprint density at radius 1 is 0.625 bits per heavy atom. The standard InChI is InChI=1S/C30H44N2O8/c1-25-5-9-27(10-6-25)40-22-21-36-15-3-17-37-24-30(34)32-14-13-26-7-11-28(12-8-26)39-18-4-16-35-19-20-38-23-29(33)31-2/h5-12H,3-4,13-24H2,1-2H3,(H,31,33)(H,32,34). The summed E-state index contributed by atoms with van der Waals surface area (Å²) in [6.07, 6.45) is 2.19. The normalized spacial score (nSPS) is 10.8. The molecule has 0 radical (unpaired) electrons. The summed E-state index contributed by atoms with van der Waals surface area (Å²) >= 11 is 0. The van der Waals surface area contributed by atoms with Crippen LogP contribution in [0.2, 0.25) is 0 Å². The maximum absolute atomic E-state index is 12.0. The van der Waals surface area contributed by atoms with Crippen molar-refractivity contribution in [1.82, 2.24) is 10.6 Å². The van der Waals surface area contributed by atoms with Crippen molar-refractivity contribution >= 4 is 11.8 Å². The molecule has 0 aliphatic rings. The number of aryl methyl sites for hydroxylation is 1. The fourth-order valence-electron chi connectivity index (χ4n) is 3.34. The van der Waals surface area contributed by atoms with Crippen molar-refractivity contribution in [3.63, 3.8) is 0 Å². The molecular formula is C30H44N2O8. The molecule has 10 nitrogen and oxygen atoms in total. The number of nitrogens with one attached hydrogen (secondary N) is 2. The van der Waals surface area contributed by atoms with Crippen molar-refractivity contribution in [3.8, 4) is 11.5 Å². The van der Waals surface area contributed by atoms with E-state index in [9.17, 15) is 9.59 Å². The largest absolute Gasteiger partial charge is 0.494 e. The Labute approximate surface area is 237 Å². The van der Waals surface area contributed by atoms with E-state index < -0.39 is 0 Å². The highest BCUT2D eigenvalue weighted by Gasteiger charge is 2.03. The number of rotatable bonds is 23. The second-order valence-electron chi connectivity index (χ2n) is 8.96. The topological polar surface area (TPSA) is 114 Å². The highest BCUT2D eigenvalue weighted by Crippen LogP contribution is 2.13. The third kappa shape index (κ3) is 16.7. The summed E-state index contributed by atoms with van der Waals surface area (Å²) in [7, 11) is 1.57. The van der Waals surface area contributed by atoms with Crippen LogP contribution in [0.15, 0.2) is 48.5 Å². The lowest BCUT2D eigenvalue weighted by molar-refractivity contribution is -0.126. The molecule has 2 rings (SSSR count). The van der Waals surface area contributed by atoms with Gasteiger partial charge in [0.15, 0.2) is 0 Å². The van der Waals surface area contributed by atoms with Gasteiger partial charge < -0.3 is 39.1 Å². The fourth-order valence-corrected chi connectivity index (χ4v) is 3.34. The number of likely N-dealkylation sites (N-methyl/N-ethyl adjacent to an activating group) is 1. The second kappa shape index (κ2) is 21.6. The molecule has 0 spiro atoms. The molecule has 0 unspecified atom stereocenters. The monoisotopic (exact) mass is 560 g/mol. The molecule has 2 N–H and O–H groups in total. The zero-order chi connectivity index (χ0) is 28.7. The number of carbonyl (C=O) groups is 2. The summed E-state index contributed by atoms with van der Waals surface area (Å²) in [6, 6.07) is 15.7. The van der Waals surface area contributed by atoms with E-state index in [-0.39, 0.29) is 25.0 Å². The van der Waals surface area contributed by atoms with Crippen LogP contribution in [-0.4, -0.2) is 91.5 Å². The summed E-state index contributed by atoms with van der Waals surface area (Å²) in [6.45, 7) is 6.62. The smallest absolute Gasteiger partial charge is 0.246 e. The van der Waals surface area contributed by atoms with Gasteiger partial charge in [-0.05, 0) is 49.6 Å². The van der Waals surface area contributed by atoms with Gasteiger partial charge in [-0.2, -0.15) is 0 Å². The van der Waals surface area contributed by atoms with Gasteiger partial charge in [0.2, 0.25) is 11.8 Å². The van der Waals surface area contributed by atoms with Gasteiger partial charge in [0.05, 0.1) is 26.4 Å². The molecule has 10 heteroatoms. The van der Waals surface area contributed by atoms with Gasteiger partial charge in [-0.3, -0.25) is 9.59 Å². The zero-order valence-corrected chi connectivity index (χ0v) is 23.8. The van der Waals surface area contributed by atoms with Crippen LogP contribution in [0.3, 0.4) is 0 Å². The second-order valence-corrected chi connectivity index (χ2v) is 8.96. The summed E-state index contributed by atoms with van der Waals surface area (Å²) in [5.74, 6) is 1.34. The predicted octanol–water partition coefficient (Wildman–Crippen LogP) is 2.70. The number of hydrogen-bond acceptors (Lipinski definition) is 8. The van der Waals surface area contributed by atoms with Crippen LogP contribution in [0.4, 0.5) is 0 Å². The van der Waals surface area contributed by atoms with E-state index in [1.165, 1.54) is 5.56 Å². The lowest BCUT2D eigenvalue weighted by Crippen LogP contribution is -2.29. The molecule has 0 atom stereocenters. The van der Waals surface area contributed by atoms with Gasteiger partial charge in [0.25, 0.3) is 0 Å². The Morgan fingerprint density at radius 3 is 1.85 bits per heavy atom. The van der Waals surface area contributed by atoms with E-state index in [1.807, 2.05) is 55.5 Å². The Hall–Kier alpha value is -3.18. The lowest BCUT2D eigenvalue weighted by Gasteiger charge is -2.09. The number of hydrogen-bond donors (Lipinski definition) is 2. The van der Waals surface area contributed by atoms with E-state index in [1.54, 1.807) is 7.05 Å². The molecule has 2 aromatic carbocycles. The van der Waals surface area contributed by atoms with Crippen LogP contribution in [0.25, 0.3) is 0 Å². The van der Waals surface area contributed by atoms with Gasteiger partial charge in [-0.15, -0.1) is 0 Å². The van der Waals surface area contributed by atoms with Crippen molar-refractivity contribution in [2.75, 3.05) is 79.7 Å². The van der Waals surface area contributed by atoms with Crippen LogP contribution in [0.1, 0.15) is 24.0 Å². The quantitative estimate of drug-likeness (QED) is 0.200. The Morgan fingerprint density at radius 2 is 1.15 bits per heavy atom. The van der Waals surface area contributed by atoms with Crippen molar-refractivity contribution in [1.29, 1.82) is 0 Å². The van der Waals surface area contributed by atoms with Crippen LogP contribution in [-0.2, 0) is 35.0 Å². The van der Waals surface area contributed by atoms with E-state index in [0.717, 1.165) is 29.9 Å². The molecule has 0 aromatic heterocycles. The SMILES string of the molecule is CNC(=O)COCCOCCCOc1ccc(CCNC(=O)COCCCOCCOc2ccc(C)cc2)cc1. The maximum atomic E-state index is 12.0. The molecule has 0 bridgehead atoms. The molecular weight excluding hydrogens is 516 g/mol. The van der Waals surface area contributed by atoms with Crippen molar-refractivity contribution in [3.05, 3.63) is 59.7 Å². The Bertz CT molecular complexity index is 938. The first-order chi connectivity index (χ1) is 19.6. The first-order valence-corrected chi connectivity index (χ1v) is 13.8. The highest BCUT2D eigenvalue weighted by atomic mass is 16.5. The van der Waals surface area contributed by atoms with Crippen molar-refractivity contribution in [2.24, 2.45) is 0 Å². The number of amides is 2. The van der Waals surface area contributed by atoms with E-state index >= 15 is 0 Å². The summed E-state index contributed by atoms with van der Waals surface area (Å²) in [5, 5.41) is 5.36. The summed E-state index contributed by atoms with van der Waals surface area (Å²) in [5.41, 5.74) is 2.31. The lowest BCUT2D eigenvalue weighted by atomic mass is 10.1. The summed E-state index contributed by atoms with van der Waals surface area (Å²) in [4.78, 5) is 23.0. The van der Waals surface area contributed by atoms with Crippen molar-refractivity contribution < 1.29 is 38.0 Å². The average Bonchev–Trinajstić information content (AvgIpc) is 2.97. The minimum Gasteiger partial charge on any atom is -0.494 e. The van der Waals surface area contributed by atoms with Gasteiger partial charge >= 0.3 is 0 Å². The van der Waals surface area contributed by atoms with E-state index in [4.69, 9.17) is 28.4 Å². The average molecular weight is 561 g/mol. The third-order valence-corrected chi connectivity index (χ3v) is 5.57. The molecule has 0 saturated carbocycles. The van der Waals surface area contributed by atoms with Crippen LogP contribution >= 0.6 is 0 Å². The number of ether oxygens (including phenoxy) is 6. The Kier molecular flexibility index (Phi) is 17.9. The molecule has 0 saturated heterocycles. The van der Waals surface area contributed by atoms with Gasteiger partial charge in [0.1, 0.15) is 31.3 Å². The molecule has 2 amide bonds. The van der Waals surface area contributed by atoms with Crippen LogP contribution < -0.4 is 20.1 Å². The van der Waals surface area contributed by atoms with E-state index in [0.29, 0.717) is 65.8 Å². The fraction of sp³-hybridized carbons (Fsp3) is 0.533. The minimum absolute atomic E-state index is 0.0378. The molecule has 0 fully saturated rings. The zero-order valence-electron chi connectivity index (χ0n) is 23.8. The first-order valence-electron chi connectivity index (χ1n) is 13.8. The predicted molar refractivity (Wildman–Crippen MR) is 152 cm³/mol. The summed E-state index contributed by atoms with van der Waals surface area (Å²) < 4.78 is 32.9. The first kappa shape index (κ1) is 33.0. The van der Waals surface area contributed by atoms with Gasteiger partial charge in [-0.25, -0.2) is 0 Å². The van der Waals surface area contributed by atoms with Crippen molar-refractivity contribution in [2.45, 2.75) is 26.2 Å². The molecule has 0 heterocycles. The molecule has 0 aliphatic carbocycles. The number of carbonyl (C=O) groups excluding carboxylic acids is 2. The van der Waals surface area contributed by atoms with Crippen LogP contribution in [0, 0.1) is 6.92 Å². The molecule has 2 aromatic rings. The minimum atomic E-state index is -0.153. The Balaban J connectivity index is 1.38. The van der Waals surface area contributed by atoms with Gasteiger partial charge in [0, 0.05) is 39.8 Å². The van der Waals surface area contributed by atoms with E-state index in [2.05, 4.69) is 10.6 Å². The van der Waals surface area contributed by atoms with Crippen LogP contribution in [0.5, 0.6) is 11.5 Å². The number of benzene rings is 2. The molecule has 222 valence electrons. The maximum Gasteiger partial charge on any atom is 0.246 e. The third-order valence-electron chi connectivity index (χ3n) is 5.57. The molecule has 0 aliphatic heterocycles. The highest BCUT2D eigenvalue weighted by molar-refractivity contribution is 5.77. The molecule has 40 heavy (non-hydrogen) atoms. The van der Waals surface area contributed by atoms with Gasteiger partial charge in [-0.1, -0.05) is 29.8 Å².